The van der Waals surface area contributed by atoms with Crippen molar-refractivity contribution in [2.45, 2.75) is 0 Å². The summed E-state index contributed by atoms with van der Waals surface area (Å²) in [4.78, 5) is 12.4. The van der Waals surface area contributed by atoms with Gasteiger partial charge in [0.15, 0.2) is 5.65 Å². The zero-order valence-corrected chi connectivity index (χ0v) is 7.38. The second-order valence-corrected chi connectivity index (χ2v) is 3.11. The lowest BCUT2D eigenvalue weighted by molar-refractivity contribution is 1.19. The lowest BCUT2D eigenvalue weighted by Gasteiger charge is -1.99. The minimum absolute atomic E-state index is 0.749. The Morgan fingerprint density at radius 1 is 0.857 bits per heavy atom. The molecule has 0 saturated carbocycles. The van der Waals surface area contributed by atoms with Gasteiger partial charge in [0.1, 0.15) is 6.33 Å². The number of rotatable bonds is 0. The summed E-state index contributed by atoms with van der Waals surface area (Å²) in [7, 11) is 0. The fourth-order valence-electron chi connectivity index (χ4n) is 1.60. The Bertz CT molecular complexity index is 550. The fourth-order valence-corrected chi connectivity index (χ4v) is 1.60. The van der Waals surface area contributed by atoms with Crippen LogP contribution in [0.25, 0.3) is 21.8 Å². The topological polar surface area (TPSA) is 38.7 Å². The van der Waals surface area contributed by atoms with Gasteiger partial charge < -0.3 is 0 Å². The first-order valence-corrected chi connectivity index (χ1v) is 4.38. The maximum absolute atomic E-state index is 4.26. The highest BCUT2D eigenvalue weighted by molar-refractivity contribution is 6.03. The van der Waals surface area contributed by atoms with Crippen LogP contribution in [0, 0.1) is 0 Å². The van der Waals surface area contributed by atoms with E-state index in [2.05, 4.69) is 21.0 Å². The molecule has 0 aliphatic rings. The van der Waals surface area contributed by atoms with Gasteiger partial charge in [-0.15, -0.1) is 0 Å². The largest absolute Gasteiger partial charge is 0.244 e. The van der Waals surface area contributed by atoms with Crippen LogP contribution >= 0.6 is 0 Å². The number of aromatic nitrogens is 3. The first kappa shape index (κ1) is 7.38. The quantitative estimate of drug-likeness (QED) is 0.499. The van der Waals surface area contributed by atoms with Gasteiger partial charge in [0.05, 0.1) is 0 Å². The average Bonchev–Trinajstić information content (AvgIpc) is 2.29. The molecule has 0 aliphatic heterocycles. The summed E-state index contributed by atoms with van der Waals surface area (Å²) < 4.78 is 0. The first-order valence-electron chi connectivity index (χ1n) is 4.38. The van der Waals surface area contributed by atoms with E-state index in [1.54, 1.807) is 6.20 Å². The van der Waals surface area contributed by atoms with E-state index in [4.69, 9.17) is 0 Å². The van der Waals surface area contributed by atoms with E-state index in [1.807, 2.05) is 24.4 Å². The van der Waals surface area contributed by atoms with Crippen molar-refractivity contribution in [3.05, 3.63) is 43.0 Å². The third-order valence-corrected chi connectivity index (χ3v) is 2.27. The molecule has 0 amide bonds. The molecule has 3 aromatic rings. The molecule has 66 valence electrons. The molecule has 0 saturated heterocycles. The maximum atomic E-state index is 4.26. The molecule has 1 aromatic carbocycles. The number of hydrogen-bond donors (Lipinski definition) is 0. The van der Waals surface area contributed by atoms with E-state index in [0.29, 0.717) is 0 Å². The Balaban J connectivity index is 2.61. The molecule has 0 unspecified atom stereocenters. The molecule has 14 heavy (non-hydrogen) atoms. The summed E-state index contributed by atoms with van der Waals surface area (Å²) in [6, 6.07) is 8.10. The molecular weight excluding hydrogens is 174 g/mol. The standard InChI is InChI=1S/C11H7N3/c1-2-4-9-8(3-1)5-13-11-10(9)6-12-7-14-11/h1-7H. The third kappa shape index (κ3) is 0.956. The lowest BCUT2D eigenvalue weighted by atomic mass is 10.1. The smallest absolute Gasteiger partial charge is 0.163 e. The molecular formula is C11H7N3. The number of pyridine rings is 1. The maximum Gasteiger partial charge on any atom is 0.163 e. The molecule has 0 N–H and O–H groups in total. The van der Waals surface area contributed by atoms with E-state index in [9.17, 15) is 0 Å². The Labute approximate surface area is 80.5 Å². The molecule has 0 aliphatic carbocycles. The van der Waals surface area contributed by atoms with Crippen LogP contribution < -0.4 is 0 Å². The second kappa shape index (κ2) is 2.73. The van der Waals surface area contributed by atoms with E-state index >= 15 is 0 Å². The predicted molar refractivity (Wildman–Crippen MR) is 54.8 cm³/mol. The van der Waals surface area contributed by atoms with Crippen molar-refractivity contribution < 1.29 is 0 Å². The number of hydrogen-bond acceptors (Lipinski definition) is 3. The van der Waals surface area contributed by atoms with Crippen molar-refractivity contribution in [3.63, 3.8) is 0 Å². The zero-order valence-electron chi connectivity index (χ0n) is 7.38. The Morgan fingerprint density at radius 3 is 2.79 bits per heavy atom. The molecule has 0 atom stereocenters. The first-order chi connectivity index (χ1) is 6.95. The van der Waals surface area contributed by atoms with Crippen LogP contribution in [0.2, 0.25) is 0 Å². The summed E-state index contributed by atoms with van der Waals surface area (Å²) in [5.41, 5.74) is 0.749. The molecule has 3 rings (SSSR count). The van der Waals surface area contributed by atoms with Gasteiger partial charge in [0, 0.05) is 23.2 Å². The van der Waals surface area contributed by atoms with Gasteiger partial charge in [0.25, 0.3) is 0 Å². The van der Waals surface area contributed by atoms with Crippen LogP contribution in [-0.4, -0.2) is 15.0 Å². The van der Waals surface area contributed by atoms with Crippen LogP contribution in [0.1, 0.15) is 0 Å². The highest BCUT2D eigenvalue weighted by Crippen LogP contribution is 2.20. The fraction of sp³-hybridized carbons (Fsp3) is 0. The van der Waals surface area contributed by atoms with E-state index in [0.717, 1.165) is 21.8 Å². The summed E-state index contributed by atoms with van der Waals surface area (Å²) in [5.74, 6) is 0. The minimum atomic E-state index is 0.749. The van der Waals surface area contributed by atoms with E-state index < -0.39 is 0 Å². The van der Waals surface area contributed by atoms with Crippen molar-refractivity contribution in [2.75, 3.05) is 0 Å². The molecule has 2 aromatic heterocycles. The highest BCUT2D eigenvalue weighted by atomic mass is 14.9. The normalized spacial score (nSPS) is 10.9. The van der Waals surface area contributed by atoms with Gasteiger partial charge in [-0.3, -0.25) is 0 Å². The molecule has 3 nitrogen and oxygen atoms in total. The van der Waals surface area contributed by atoms with Crippen LogP contribution in [0.15, 0.2) is 43.0 Å². The van der Waals surface area contributed by atoms with Crippen LogP contribution in [0.4, 0.5) is 0 Å². The van der Waals surface area contributed by atoms with Gasteiger partial charge in [-0.25, -0.2) is 15.0 Å². The van der Waals surface area contributed by atoms with Crippen LogP contribution in [0.5, 0.6) is 0 Å². The van der Waals surface area contributed by atoms with Gasteiger partial charge >= 0.3 is 0 Å². The van der Waals surface area contributed by atoms with Crippen molar-refractivity contribution >= 4 is 21.8 Å². The van der Waals surface area contributed by atoms with Crippen molar-refractivity contribution in [3.8, 4) is 0 Å². The number of nitrogens with zero attached hydrogens (tertiary/aromatic N) is 3. The van der Waals surface area contributed by atoms with Gasteiger partial charge in [-0.05, 0) is 5.39 Å². The molecule has 3 heteroatoms. The van der Waals surface area contributed by atoms with Crippen molar-refractivity contribution in [1.29, 1.82) is 0 Å². The number of benzene rings is 1. The van der Waals surface area contributed by atoms with Gasteiger partial charge in [-0.1, -0.05) is 24.3 Å². The molecule has 2 heterocycles. The second-order valence-electron chi connectivity index (χ2n) is 3.11. The van der Waals surface area contributed by atoms with Crippen LogP contribution in [0.3, 0.4) is 0 Å². The predicted octanol–water partition coefficient (Wildman–Crippen LogP) is 2.18. The zero-order chi connectivity index (χ0) is 9.38. The molecule has 0 spiro atoms. The highest BCUT2D eigenvalue weighted by Gasteiger charge is 2.00. The summed E-state index contributed by atoms with van der Waals surface area (Å²) in [6.07, 6.45) is 5.16. The Kier molecular flexibility index (Phi) is 1.44. The minimum Gasteiger partial charge on any atom is -0.244 e. The average molecular weight is 181 g/mol. The van der Waals surface area contributed by atoms with Gasteiger partial charge in [-0.2, -0.15) is 0 Å². The van der Waals surface area contributed by atoms with E-state index in [1.165, 1.54) is 6.33 Å². The monoisotopic (exact) mass is 181 g/mol. The Morgan fingerprint density at radius 2 is 1.79 bits per heavy atom. The summed E-state index contributed by atoms with van der Waals surface area (Å²) >= 11 is 0. The molecule has 0 fully saturated rings. The van der Waals surface area contributed by atoms with Gasteiger partial charge in [0.2, 0.25) is 0 Å². The van der Waals surface area contributed by atoms with Crippen molar-refractivity contribution in [2.24, 2.45) is 0 Å². The number of fused-ring (bicyclic) bond motifs is 3. The summed E-state index contributed by atoms with van der Waals surface area (Å²) in [5, 5.41) is 3.28. The Hall–Kier alpha value is -2.03. The lowest BCUT2D eigenvalue weighted by Crippen LogP contribution is -1.86. The summed E-state index contributed by atoms with van der Waals surface area (Å²) in [6.45, 7) is 0. The van der Waals surface area contributed by atoms with Crippen molar-refractivity contribution in [1.82, 2.24) is 15.0 Å². The van der Waals surface area contributed by atoms with E-state index in [-0.39, 0.29) is 0 Å². The molecule has 0 bridgehead atoms. The third-order valence-electron chi connectivity index (χ3n) is 2.27. The SMILES string of the molecule is c1ccc2c(c1)cnc1ncncc12. The molecule has 0 radical (unpaired) electrons. The van der Waals surface area contributed by atoms with Crippen LogP contribution in [-0.2, 0) is 0 Å².